The number of aromatic nitrogens is 3. The summed E-state index contributed by atoms with van der Waals surface area (Å²) in [6.07, 6.45) is 3.91. The molecule has 0 saturated carbocycles. The quantitative estimate of drug-likeness (QED) is 0.865. The zero-order valence-corrected chi connectivity index (χ0v) is 10.7. The van der Waals surface area contributed by atoms with Crippen molar-refractivity contribution in [3.05, 3.63) is 57.1 Å². The first kappa shape index (κ1) is 13.1. The van der Waals surface area contributed by atoms with Gasteiger partial charge in [0.2, 0.25) is 0 Å². The number of nitrogen functional groups attached to an aromatic ring is 1. The number of anilines is 1. The molecule has 0 aliphatic heterocycles. The van der Waals surface area contributed by atoms with Gasteiger partial charge in [0.05, 0.1) is 12.2 Å². The number of hydrogen-bond donors (Lipinski definition) is 1. The van der Waals surface area contributed by atoms with Crippen LogP contribution < -0.4 is 17.0 Å². The number of nitrogens with zero attached hydrogens (tertiary/aromatic N) is 3. The Morgan fingerprint density at radius 1 is 1.32 bits per heavy atom. The Kier molecular flexibility index (Phi) is 3.79. The van der Waals surface area contributed by atoms with Crippen LogP contribution in [0.3, 0.4) is 0 Å². The van der Waals surface area contributed by atoms with Crippen molar-refractivity contribution in [3.8, 4) is 0 Å². The molecule has 2 aromatic rings. The number of hydrogen-bond acceptors (Lipinski definition) is 4. The standard InChI is InChI=1S/C13H16N4O2/c1-2-6-16-7-4-12(18)17(13(16)19)9-11-8-10(14)3-5-15-11/h3-5,7-8H,2,6,9H2,1H3,(H2,14,15). The SMILES string of the molecule is CCCn1ccc(=O)n(Cc2cc(N)ccn2)c1=O. The fourth-order valence-electron chi connectivity index (χ4n) is 1.86. The first-order chi connectivity index (χ1) is 9.11. The van der Waals surface area contributed by atoms with Gasteiger partial charge in [-0.25, -0.2) is 4.79 Å². The summed E-state index contributed by atoms with van der Waals surface area (Å²) in [5.74, 6) is 0. The van der Waals surface area contributed by atoms with Gasteiger partial charge in [-0.2, -0.15) is 0 Å². The van der Waals surface area contributed by atoms with Crippen molar-refractivity contribution >= 4 is 5.69 Å². The summed E-state index contributed by atoms with van der Waals surface area (Å²) in [6, 6.07) is 4.71. The minimum Gasteiger partial charge on any atom is -0.399 e. The van der Waals surface area contributed by atoms with Gasteiger partial charge in [0.25, 0.3) is 5.56 Å². The molecule has 2 rings (SSSR count). The van der Waals surface area contributed by atoms with Gasteiger partial charge in [-0.3, -0.25) is 14.3 Å². The zero-order valence-electron chi connectivity index (χ0n) is 10.7. The van der Waals surface area contributed by atoms with E-state index in [1.165, 1.54) is 16.8 Å². The van der Waals surface area contributed by atoms with Crippen molar-refractivity contribution < 1.29 is 0 Å². The lowest BCUT2D eigenvalue weighted by molar-refractivity contribution is 0.567. The number of aryl methyl sites for hydroxylation is 1. The molecule has 6 heteroatoms. The van der Waals surface area contributed by atoms with Crippen LogP contribution in [-0.2, 0) is 13.1 Å². The van der Waals surface area contributed by atoms with E-state index in [1.54, 1.807) is 18.3 Å². The number of pyridine rings is 1. The van der Waals surface area contributed by atoms with Crippen LogP contribution >= 0.6 is 0 Å². The van der Waals surface area contributed by atoms with E-state index < -0.39 is 0 Å². The van der Waals surface area contributed by atoms with Crippen LogP contribution in [0.2, 0.25) is 0 Å². The van der Waals surface area contributed by atoms with Crippen molar-refractivity contribution in [2.75, 3.05) is 5.73 Å². The second kappa shape index (κ2) is 5.51. The average Bonchev–Trinajstić information content (AvgIpc) is 2.38. The molecule has 0 amide bonds. The molecule has 0 spiro atoms. The number of nitrogens with two attached hydrogens (primary N) is 1. The third-order valence-electron chi connectivity index (χ3n) is 2.76. The topological polar surface area (TPSA) is 82.9 Å². The Labute approximate surface area is 110 Å². The predicted molar refractivity (Wildman–Crippen MR) is 73.0 cm³/mol. The van der Waals surface area contributed by atoms with E-state index in [4.69, 9.17) is 5.73 Å². The summed E-state index contributed by atoms with van der Waals surface area (Å²) in [5, 5.41) is 0. The lowest BCUT2D eigenvalue weighted by atomic mass is 10.3. The molecule has 0 saturated heterocycles. The molecule has 2 N–H and O–H groups in total. The molecule has 19 heavy (non-hydrogen) atoms. The second-order valence-corrected chi connectivity index (χ2v) is 4.30. The van der Waals surface area contributed by atoms with Crippen molar-refractivity contribution in [1.29, 1.82) is 0 Å². The van der Waals surface area contributed by atoms with Crippen molar-refractivity contribution in [3.63, 3.8) is 0 Å². The summed E-state index contributed by atoms with van der Waals surface area (Å²) in [6.45, 7) is 2.69. The van der Waals surface area contributed by atoms with Gasteiger partial charge in [0.1, 0.15) is 0 Å². The van der Waals surface area contributed by atoms with Crippen LogP contribution in [0.15, 0.2) is 40.2 Å². The Hall–Kier alpha value is -2.37. The lowest BCUT2D eigenvalue weighted by Crippen LogP contribution is -2.39. The Bertz CT molecular complexity index is 688. The van der Waals surface area contributed by atoms with E-state index in [2.05, 4.69) is 4.98 Å². The van der Waals surface area contributed by atoms with Crippen LogP contribution in [0.5, 0.6) is 0 Å². The summed E-state index contributed by atoms with van der Waals surface area (Å²) in [4.78, 5) is 28.0. The van der Waals surface area contributed by atoms with Crippen LogP contribution in [0.4, 0.5) is 5.69 Å². The Balaban J connectivity index is 2.42. The molecular formula is C13H16N4O2. The van der Waals surface area contributed by atoms with E-state index in [9.17, 15) is 9.59 Å². The summed E-state index contributed by atoms with van der Waals surface area (Å²) in [7, 11) is 0. The van der Waals surface area contributed by atoms with Gasteiger partial charge >= 0.3 is 5.69 Å². The molecule has 0 aromatic carbocycles. The van der Waals surface area contributed by atoms with Gasteiger partial charge in [-0.05, 0) is 18.6 Å². The molecule has 0 atom stereocenters. The largest absolute Gasteiger partial charge is 0.399 e. The highest BCUT2D eigenvalue weighted by molar-refractivity contribution is 5.37. The molecule has 0 aliphatic rings. The van der Waals surface area contributed by atoms with Crippen LogP contribution in [0.1, 0.15) is 19.0 Å². The van der Waals surface area contributed by atoms with Crippen LogP contribution in [0.25, 0.3) is 0 Å². The molecule has 0 radical (unpaired) electrons. The zero-order chi connectivity index (χ0) is 13.8. The second-order valence-electron chi connectivity index (χ2n) is 4.30. The smallest absolute Gasteiger partial charge is 0.331 e. The minimum absolute atomic E-state index is 0.132. The molecule has 6 nitrogen and oxygen atoms in total. The Morgan fingerprint density at radius 3 is 2.79 bits per heavy atom. The molecule has 0 aliphatic carbocycles. The van der Waals surface area contributed by atoms with E-state index in [0.29, 0.717) is 17.9 Å². The van der Waals surface area contributed by atoms with Crippen LogP contribution in [-0.4, -0.2) is 14.1 Å². The van der Waals surface area contributed by atoms with Gasteiger partial charge in [-0.15, -0.1) is 0 Å². The molecule has 2 aromatic heterocycles. The predicted octanol–water partition coefficient (Wildman–Crippen LogP) is 0.446. The van der Waals surface area contributed by atoms with Crippen LogP contribution in [0, 0.1) is 0 Å². The van der Waals surface area contributed by atoms with Crippen molar-refractivity contribution in [1.82, 2.24) is 14.1 Å². The Morgan fingerprint density at radius 2 is 2.11 bits per heavy atom. The first-order valence-corrected chi connectivity index (χ1v) is 6.12. The maximum Gasteiger partial charge on any atom is 0.331 e. The third-order valence-corrected chi connectivity index (χ3v) is 2.76. The monoisotopic (exact) mass is 260 g/mol. The first-order valence-electron chi connectivity index (χ1n) is 6.12. The van der Waals surface area contributed by atoms with E-state index in [-0.39, 0.29) is 17.8 Å². The highest BCUT2D eigenvalue weighted by Crippen LogP contribution is 2.03. The maximum absolute atomic E-state index is 12.1. The van der Waals surface area contributed by atoms with Gasteiger partial charge < -0.3 is 10.3 Å². The molecule has 100 valence electrons. The van der Waals surface area contributed by atoms with Gasteiger partial charge in [-0.1, -0.05) is 6.92 Å². The van der Waals surface area contributed by atoms with E-state index >= 15 is 0 Å². The highest BCUT2D eigenvalue weighted by atomic mass is 16.2. The fraction of sp³-hybridized carbons (Fsp3) is 0.308. The average molecular weight is 260 g/mol. The van der Waals surface area contributed by atoms with E-state index in [1.807, 2.05) is 6.92 Å². The molecule has 0 fully saturated rings. The summed E-state index contributed by atoms with van der Waals surface area (Å²) < 4.78 is 2.69. The minimum atomic E-state index is -0.332. The normalized spacial score (nSPS) is 10.6. The van der Waals surface area contributed by atoms with Gasteiger partial charge in [0.15, 0.2) is 0 Å². The molecule has 0 bridgehead atoms. The summed E-state index contributed by atoms with van der Waals surface area (Å²) in [5.41, 5.74) is 6.15. The van der Waals surface area contributed by atoms with Gasteiger partial charge in [0, 0.05) is 30.7 Å². The highest BCUT2D eigenvalue weighted by Gasteiger charge is 2.06. The molecule has 2 heterocycles. The van der Waals surface area contributed by atoms with Crippen molar-refractivity contribution in [2.45, 2.75) is 26.4 Å². The third kappa shape index (κ3) is 2.90. The van der Waals surface area contributed by atoms with E-state index in [0.717, 1.165) is 11.0 Å². The molecular weight excluding hydrogens is 244 g/mol. The summed E-state index contributed by atoms with van der Waals surface area (Å²) >= 11 is 0. The number of rotatable bonds is 4. The maximum atomic E-state index is 12.1. The molecule has 0 unspecified atom stereocenters. The lowest BCUT2D eigenvalue weighted by Gasteiger charge is -2.08. The van der Waals surface area contributed by atoms with Crippen molar-refractivity contribution in [2.24, 2.45) is 0 Å². The fourth-order valence-corrected chi connectivity index (χ4v) is 1.86.